The van der Waals surface area contributed by atoms with Crippen LogP contribution in [0.5, 0.6) is 5.75 Å². The Hall–Kier alpha value is -2.38. The zero-order valence-corrected chi connectivity index (χ0v) is 18.4. The number of carbonyl (C=O) groups is 2. The van der Waals surface area contributed by atoms with Crippen LogP contribution in [0.3, 0.4) is 0 Å². The SMILES string of the molecule is CC/C(=C\c1cccc(O)c1)CC[C@H]1OB(O)C[C@H]2C1=C(C)C[C@H]1C(=O)N(C)C(=O)[C@H]12. The summed E-state index contributed by atoms with van der Waals surface area (Å²) in [6, 6.07) is 7.17. The Labute approximate surface area is 183 Å². The largest absolute Gasteiger partial charge is 0.508 e. The average Bonchev–Trinajstić information content (AvgIpc) is 2.94. The molecule has 4 rings (SSSR count). The van der Waals surface area contributed by atoms with E-state index in [0.717, 1.165) is 29.6 Å². The molecule has 7 heteroatoms. The molecule has 0 unspecified atom stereocenters. The molecule has 2 heterocycles. The smallest absolute Gasteiger partial charge is 0.455 e. The summed E-state index contributed by atoms with van der Waals surface area (Å²) in [5, 5.41) is 20.1. The number of fused-ring (bicyclic) bond motifs is 3. The second-order valence-electron chi connectivity index (χ2n) is 9.02. The summed E-state index contributed by atoms with van der Waals surface area (Å²) < 4.78 is 5.95. The number of carbonyl (C=O) groups excluding carboxylic acids is 2. The maximum absolute atomic E-state index is 12.8. The topological polar surface area (TPSA) is 87.1 Å². The molecule has 0 spiro atoms. The van der Waals surface area contributed by atoms with E-state index in [9.17, 15) is 19.7 Å². The number of imide groups is 1. The third-order valence-electron chi connectivity index (χ3n) is 7.10. The highest BCUT2D eigenvalue weighted by Crippen LogP contribution is 2.50. The maximum Gasteiger partial charge on any atom is 0.455 e. The van der Waals surface area contributed by atoms with Gasteiger partial charge in [-0.25, -0.2) is 0 Å². The van der Waals surface area contributed by atoms with Gasteiger partial charge >= 0.3 is 7.12 Å². The summed E-state index contributed by atoms with van der Waals surface area (Å²) in [7, 11) is 0.629. The Morgan fingerprint density at radius 3 is 2.77 bits per heavy atom. The van der Waals surface area contributed by atoms with Gasteiger partial charge in [-0.15, -0.1) is 0 Å². The monoisotopic (exact) mass is 423 g/mol. The Balaban J connectivity index is 1.56. The first-order valence-electron chi connectivity index (χ1n) is 11.1. The van der Waals surface area contributed by atoms with Crippen molar-refractivity contribution in [2.75, 3.05) is 7.05 Å². The molecule has 164 valence electrons. The summed E-state index contributed by atoms with van der Waals surface area (Å²) in [6.07, 6.45) is 5.13. The molecular formula is C24H30BNO5. The van der Waals surface area contributed by atoms with Gasteiger partial charge in [0.25, 0.3) is 0 Å². The van der Waals surface area contributed by atoms with Crippen molar-refractivity contribution in [1.29, 1.82) is 0 Å². The lowest BCUT2D eigenvalue weighted by atomic mass is 9.59. The number of phenols is 1. The van der Waals surface area contributed by atoms with E-state index in [0.29, 0.717) is 19.2 Å². The van der Waals surface area contributed by atoms with E-state index in [2.05, 4.69) is 13.0 Å². The molecule has 2 amide bonds. The number of hydrogen-bond acceptors (Lipinski definition) is 5. The summed E-state index contributed by atoms with van der Waals surface area (Å²) in [5.41, 5.74) is 4.41. The van der Waals surface area contributed by atoms with Crippen molar-refractivity contribution in [2.45, 2.75) is 52.0 Å². The molecule has 6 nitrogen and oxygen atoms in total. The Morgan fingerprint density at radius 2 is 2.06 bits per heavy atom. The second-order valence-corrected chi connectivity index (χ2v) is 9.02. The van der Waals surface area contributed by atoms with E-state index in [1.807, 2.05) is 19.1 Å². The number of rotatable bonds is 5. The minimum absolute atomic E-state index is 0.103. The lowest BCUT2D eigenvalue weighted by Gasteiger charge is -2.42. The van der Waals surface area contributed by atoms with Crippen molar-refractivity contribution < 1.29 is 24.4 Å². The van der Waals surface area contributed by atoms with Crippen LogP contribution in [0.4, 0.5) is 0 Å². The van der Waals surface area contributed by atoms with E-state index in [1.165, 1.54) is 10.5 Å². The molecular weight excluding hydrogens is 393 g/mol. The van der Waals surface area contributed by atoms with E-state index in [1.54, 1.807) is 19.2 Å². The van der Waals surface area contributed by atoms with Crippen molar-refractivity contribution in [2.24, 2.45) is 17.8 Å². The average molecular weight is 423 g/mol. The third kappa shape index (κ3) is 4.09. The van der Waals surface area contributed by atoms with E-state index < -0.39 is 7.12 Å². The van der Waals surface area contributed by atoms with Crippen LogP contribution in [0.15, 0.2) is 41.0 Å². The molecule has 1 aliphatic carbocycles. The van der Waals surface area contributed by atoms with E-state index in [4.69, 9.17) is 4.65 Å². The summed E-state index contributed by atoms with van der Waals surface area (Å²) in [5.74, 6) is -0.831. The van der Waals surface area contributed by atoms with Gasteiger partial charge in [-0.05, 0) is 68.1 Å². The molecule has 2 fully saturated rings. The number of phenolic OH excluding ortho intramolecular Hbond substituents is 1. The predicted octanol–water partition coefficient (Wildman–Crippen LogP) is 3.41. The Morgan fingerprint density at radius 1 is 1.29 bits per heavy atom. The minimum atomic E-state index is -0.931. The first-order valence-corrected chi connectivity index (χ1v) is 11.1. The number of nitrogens with zero attached hydrogens (tertiary/aromatic N) is 1. The van der Waals surface area contributed by atoms with Crippen LogP contribution in [-0.2, 0) is 14.2 Å². The highest BCUT2D eigenvalue weighted by atomic mass is 16.5. The van der Waals surface area contributed by atoms with Crippen LogP contribution in [0.1, 0.15) is 45.1 Å². The highest BCUT2D eigenvalue weighted by molar-refractivity contribution is 6.43. The van der Waals surface area contributed by atoms with Gasteiger partial charge in [0.05, 0.1) is 17.9 Å². The quantitative estimate of drug-likeness (QED) is 0.431. The standard InChI is InChI=1S/C24H30BNO5/c1-4-15(11-16-6-5-7-17(27)12-16)8-9-20-21-14(2)10-18-22(19(21)13-25(30)31-20)24(29)26(3)23(18)28/h5-7,11-12,18-20,22,27,30H,4,8-10,13H2,1-3H3/b15-11+/t18-,19+,20-,22-/m1/s1. The molecule has 0 bridgehead atoms. The molecule has 3 aliphatic rings. The zero-order valence-electron chi connectivity index (χ0n) is 18.4. The normalized spacial score (nSPS) is 28.8. The molecule has 2 N–H and O–H groups in total. The van der Waals surface area contributed by atoms with Gasteiger partial charge in [0.1, 0.15) is 5.75 Å². The van der Waals surface area contributed by atoms with Gasteiger partial charge in [0.15, 0.2) is 0 Å². The fourth-order valence-corrected chi connectivity index (χ4v) is 5.60. The molecule has 0 aromatic heterocycles. The molecule has 1 aromatic rings. The van der Waals surface area contributed by atoms with Crippen LogP contribution in [0, 0.1) is 17.8 Å². The molecule has 0 radical (unpaired) electrons. The number of allylic oxidation sites excluding steroid dienone is 2. The van der Waals surface area contributed by atoms with Crippen LogP contribution < -0.4 is 0 Å². The number of aromatic hydroxyl groups is 1. The fourth-order valence-electron chi connectivity index (χ4n) is 5.60. The molecule has 0 saturated carbocycles. The fraction of sp³-hybridized carbons (Fsp3) is 0.500. The minimum Gasteiger partial charge on any atom is -0.508 e. The third-order valence-corrected chi connectivity index (χ3v) is 7.10. The lowest BCUT2D eigenvalue weighted by Crippen LogP contribution is -2.45. The van der Waals surface area contributed by atoms with Crippen LogP contribution >= 0.6 is 0 Å². The van der Waals surface area contributed by atoms with Crippen molar-refractivity contribution in [3.05, 3.63) is 46.5 Å². The number of hydrogen-bond donors (Lipinski definition) is 2. The van der Waals surface area contributed by atoms with Crippen molar-refractivity contribution in [3.63, 3.8) is 0 Å². The van der Waals surface area contributed by atoms with Crippen molar-refractivity contribution >= 4 is 25.0 Å². The summed E-state index contributed by atoms with van der Waals surface area (Å²) >= 11 is 0. The van der Waals surface area contributed by atoms with Gasteiger partial charge in [0, 0.05) is 7.05 Å². The zero-order chi connectivity index (χ0) is 22.3. The van der Waals surface area contributed by atoms with Crippen molar-refractivity contribution in [1.82, 2.24) is 4.90 Å². The molecule has 2 saturated heterocycles. The number of likely N-dealkylation sites (tertiary alicyclic amines) is 1. The first-order chi connectivity index (χ1) is 14.8. The Kier molecular flexibility index (Phi) is 6.08. The number of amides is 2. The van der Waals surface area contributed by atoms with Gasteiger partial charge in [0.2, 0.25) is 11.8 Å². The van der Waals surface area contributed by atoms with Gasteiger partial charge in [-0.2, -0.15) is 0 Å². The van der Waals surface area contributed by atoms with Gasteiger partial charge < -0.3 is 14.8 Å². The molecule has 31 heavy (non-hydrogen) atoms. The maximum atomic E-state index is 12.8. The Bertz CT molecular complexity index is 955. The molecule has 4 atom stereocenters. The molecule has 2 aliphatic heterocycles. The molecule has 1 aromatic carbocycles. The predicted molar refractivity (Wildman–Crippen MR) is 119 cm³/mol. The summed E-state index contributed by atoms with van der Waals surface area (Å²) in [6.45, 7) is 4.13. The summed E-state index contributed by atoms with van der Waals surface area (Å²) in [4.78, 5) is 26.6. The van der Waals surface area contributed by atoms with Crippen LogP contribution in [0.2, 0.25) is 6.32 Å². The lowest BCUT2D eigenvalue weighted by molar-refractivity contribution is -0.138. The first kappa shape index (κ1) is 21.8. The van der Waals surface area contributed by atoms with Crippen LogP contribution in [-0.4, -0.2) is 47.1 Å². The van der Waals surface area contributed by atoms with Gasteiger partial charge in [-0.1, -0.05) is 36.3 Å². The van der Waals surface area contributed by atoms with E-state index in [-0.39, 0.29) is 41.4 Å². The van der Waals surface area contributed by atoms with Gasteiger partial charge in [-0.3, -0.25) is 14.5 Å². The van der Waals surface area contributed by atoms with E-state index >= 15 is 0 Å². The van der Waals surface area contributed by atoms with Crippen molar-refractivity contribution in [3.8, 4) is 5.75 Å². The highest BCUT2D eigenvalue weighted by Gasteiger charge is 2.55. The van der Waals surface area contributed by atoms with Crippen LogP contribution in [0.25, 0.3) is 6.08 Å². The number of benzene rings is 1. The second kappa shape index (κ2) is 8.63.